The first-order valence-electron chi connectivity index (χ1n) is 14.1. The molecule has 9 nitrogen and oxygen atoms in total. The van der Waals surface area contributed by atoms with Crippen LogP contribution in [0.15, 0.2) is 65.6 Å². The van der Waals surface area contributed by atoms with Gasteiger partial charge in [0.1, 0.15) is 11.5 Å². The fourth-order valence-corrected chi connectivity index (χ4v) is 8.07. The number of hydrogen-bond donors (Lipinski definition) is 0. The van der Waals surface area contributed by atoms with Crippen LogP contribution in [-0.4, -0.2) is 68.9 Å². The third kappa shape index (κ3) is 5.63. The van der Waals surface area contributed by atoms with Crippen molar-refractivity contribution in [1.82, 2.24) is 34.1 Å². The highest BCUT2D eigenvalue weighted by Gasteiger charge is 2.52. The molecule has 46 heavy (non-hydrogen) atoms. The monoisotopic (exact) mass is 663 g/mol. The predicted molar refractivity (Wildman–Crippen MR) is 156 cm³/mol. The van der Waals surface area contributed by atoms with Crippen molar-refractivity contribution in [2.24, 2.45) is 12.5 Å². The summed E-state index contributed by atoms with van der Waals surface area (Å²) >= 11 is 0. The van der Waals surface area contributed by atoms with Crippen molar-refractivity contribution in [3.05, 3.63) is 88.9 Å². The molecule has 0 bridgehead atoms. The molecule has 1 unspecified atom stereocenters. The van der Waals surface area contributed by atoms with Crippen molar-refractivity contribution in [1.29, 1.82) is 0 Å². The Balaban J connectivity index is 1.47. The minimum Gasteiger partial charge on any atom is -0.291 e. The molecule has 0 N–H and O–H groups in total. The van der Waals surface area contributed by atoms with Gasteiger partial charge in [-0.15, -0.1) is 5.10 Å². The van der Waals surface area contributed by atoms with Crippen molar-refractivity contribution in [2.45, 2.75) is 49.4 Å². The molecule has 0 amide bonds. The van der Waals surface area contributed by atoms with Gasteiger partial charge in [0.25, 0.3) is 6.43 Å². The van der Waals surface area contributed by atoms with E-state index in [0.717, 1.165) is 16.6 Å². The SMILES string of the molecule is C=S(=O)(c1cn(C)nn1)N(CC(F)F)[C@H]1CCC2=Cc3c(cnn3-c3ccc(F)cc3)C[C@]2(C(=O)c2cc(C(F)(F)F)ccn2)C1. The summed E-state index contributed by atoms with van der Waals surface area (Å²) in [7, 11) is -2.12. The summed E-state index contributed by atoms with van der Waals surface area (Å²) in [6.45, 7) is -0.956. The number of allylic oxidation sites excluding steroid dienone is 1. The third-order valence-corrected chi connectivity index (χ3v) is 10.5. The number of aryl methyl sites for hydroxylation is 1. The number of fused-ring (bicyclic) bond motifs is 2. The maximum atomic E-state index is 14.5. The number of halogens is 6. The number of carbonyl (C=O) groups is 1. The zero-order chi connectivity index (χ0) is 33.0. The quantitative estimate of drug-likeness (QED) is 0.147. The van der Waals surface area contributed by atoms with Crippen molar-refractivity contribution in [3.63, 3.8) is 0 Å². The second kappa shape index (κ2) is 11.5. The molecule has 0 radical (unpaired) electrons. The molecule has 0 aliphatic heterocycles. The Morgan fingerprint density at radius 2 is 1.96 bits per heavy atom. The number of carbonyl (C=O) groups excluding carboxylic acids is 1. The van der Waals surface area contributed by atoms with Gasteiger partial charge in [0.05, 0.1) is 51.0 Å². The fourth-order valence-electron chi connectivity index (χ4n) is 6.33. The molecule has 6 rings (SSSR count). The molecular weight excluding hydrogens is 636 g/mol. The van der Waals surface area contributed by atoms with E-state index < -0.39 is 63.2 Å². The third-order valence-electron chi connectivity index (χ3n) is 8.47. The predicted octanol–water partition coefficient (Wildman–Crippen LogP) is 5.17. The van der Waals surface area contributed by atoms with Crippen LogP contribution >= 0.6 is 0 Å². The fraction of sp³-hybridized carbons (Fsp3) is 0.333. The second-order valence-corrected chi connectivity index (χ2v) is 13.6. The Morgan fingerprint density at radius 3 is 2.61 bits per heavy atom. The summed E-state index contributed by atoms with van der Waals surface area (Å²) in [4.78, 5) is 18.4. The van der Waals surface area contributed by atoms with Gasteiger partial charge in [-0.25, -0.2) is 26.4 Å². The van der Waals surface area contributed by atoms with Crippen molar-refractivity contribution in [3.8, 4) is 5.69 Å². The lowest BCUT2D eigenvalue weighted by Crippen LogP contribution is -2.51. The number of Topliss-reactive ketones (excluding diaryl/α,β-unsaturated/α-hetero) is 1. The summed E-state index contributed by atoms with van der Waals surface area (Å²) in [6, 6.07) is 6.10. The molecule has 2 aliphatic carbocycles. The van der Waals surface area contributed by atoms with Crippen LogP contribution < -0.4 is 0 Å². The van der Waals surface area contributed by atoms with Crippen LogP contribution in [-0.2, 0) is 29.4 Å². The van der Waals surface area contributed by atoms with Crippen LogP contribution in [0.4, 0.5) is 26.3 Å². The number of hydrogen-bond acceptors (Lipinski definition) is 6. The smallest absolute Gasteiger partial charge is 0.291 e. The lowest BCUT2D eigenvalue weighted by Gasteiger charge is -2.47. The first-order valence-corrected chi connectivity index (χ1v) is 15.8. The molecule has 3 aromatic heterocycles. The molecule has 1 saturated carbocycles. The lowest BCUT2D eigenvalue weighted by atomic mass is 9.60. The van der Waals surface area contributed by atoms with Crippen molar-refractivity contribution in [2.75, 3.05) is 6.54 Å². The van der Waals surface area contributed by atoms with Gasteiger partial charge in [0.2, 0.25) is 0 Å². The van der Waals surface area contributed by atoms with Crippen molar-refractivity contribution >= 4 is 27.4 Å². The maximum absolute atomic E-state index is 14.5. The van der Waals surface area contributed by atoms with Gasteiger partial charge in [-0.1, -0.05) is 10.8 Å². The molecule has 1 fully saturated rings. The average Bonchev–Trinajstić information content (AvgIpc) is 3.64. The van der Waals surface area contributed by atoms with E-state index in [4.69, 9.17) is 0 Å². The molecule has 242 valence electrons. The Kier molecular flexibility index (Phi) is 7.91. The standard InChI is InChI=1S/C30H27F6N7O2S/c1-41-17-27(39-40-41)46(2,45)42(16-26(32)33)23-6-3-19-12-25-18(15-38-43(25)22-7-4-21(31)5-8-22)13-29(19,14-23)28(44)24-11-20(9-10-37-24)30(34,35)36/h4-5,7-12,15,17,23,26H,2-3,6,13-14,16H2,1H3/t23-,29-,46?/m0/s1. The van der Waals surface area contributed by atoms with E-state index in [1.54, 1.807) is 10.8 Å². The largest absolute Gasteiger partial charge is 0.416 e. The Hall–Kier alpha value is -4.31. The summed E-state index contributed by atoms with van der Waals surface area (Å²) < 4.78 is 101. The number of pyridine rings is 1. The molecule has 3 heterocycles. The topological polar surface area (TPSA) is 98.8 Å². The summed E-state index contributed by atoms with van der Waals surface area (Å²) in [5.74, 6) is 2.58. The molecule has 4 aromatic rings. The number of nitrogens with zero attached hydrogens (tertiary/aromatic N) is 7. The maximum Gasteiger partial charge on any atom is 0.416 e. The van der Waals surface area contributed by atoms with E-state index in [9.17, 15) is 35.3 Å². The lowest BCUT2D eigenvalue weighted by molar-refractivity contribution is -0.137. The van der Waals surface area contributed by atoms with Crippen LogP contribution in [0.2, 0.25) is 0 Å². The molecule has 0 saturated heterocycles. The number of rotatable bonds is 8. The van der Waals surface area contributed by atoms with Gasteiger partial charge in [-0.3, -0.25) is 14.5 Å². The number of benzene rings is 1. The van der Waals surface area contributed by atoms with Gasteiger partial charge < -0.3 is 0 Å². The van der Waals surface area contributed by atoms with Crippen LogP contribution in [0.3, 0.4) is 0 Å². The van der Waals surface area contributed by atoms with E-state index in [2.05, 4.69) is 26.3 Å². The van der Waals surface area contributed by atoms with E-state index in [1.807, 2.05) is 0 Å². The molecule has 0 spiro atoms. The zero-order valence-electron chi connectivity index (χ0n) is 24.3. The van der Waals surface area contributed by atoms with E-state index >= 15 is 0 Å². The Bertz CT molecular complexity index is 1930. The van der Waals surface area contributed by atoms with E-state index in [-0.39, 0.29) is 30.7 Å². The van der Waals surface area contributed by atoms with Gasteiger partial charge in [0.15, 0.2) is 10.8 Å². The first-order chi connectivity index (χ1) is 21.7. The van der Waals surface area contributed by atoms with E-state index in [1.165, 1.54) is 48.4 Å². The van der Waals surface area contributed by atoms with Crippen molar-refractivity contribution < 1.29 is 35.3 Å². The van der Waals surface area contributed by atoms with Crippen LogP contribution in [0.1, 0.15) is 46.6 Å². The summed E-state index contributed by atoms with van der Waals surface area (Å²) in [5, 5.41) is 11.9. The molecule has 16 heteroatoms. The van der Waals surface area contributed by atoms with Crippen LogP contribution in [0.5, 0.6) is 0 Å². The highest BCUT2D eigenvalue weighted by Crippen LogP contribution is 2.51. The zero-order valence-corrected chi connectivity index (χ0v) is 25.1. The van der Waals surface area contributed by atoms with E-state index in [0.29, 0.717) is 28.6 Å². The average molecular weight is 664 g/mol. The highest BCUT2D eigenvalue weighted by atomic mass is 32.2. The highest BCUT2D eigenvalue weighted by molar-refractivity contribution is 7.98. The molecular formula is C30H27F6N7O2S. The number of alkyl halides is 5. The molecule has 1 aromatic carbocycles. The van der Waals surface area contributed by atoms with Gasteiger partial charge >= 0.3 is 6.18 Å². The van der Waals surface area contributed by atoms with Gasteiger partial charge in [0, 0.05) is 19.3 Å². The molecule has 2 aliphatic rings. The second-order valence-electron chi connectivity index (χ2n) is 11.4. The van der Waals surface area contributed by atoms with Crippen LogP contribution in [0.25, 0.3) is 11.8 Å². The Morgan fingerprint density at radius 1 is 1.22 bits per heavy atom. The summed E-state index contributed by atoms with van der Waals surface area (Å²) in [6.07, 6.45) is -2.13. The molecule has 3 atom stereocenters. The summed E-state index contributed by atoms with van der Waals surface area (Å²) in [5.41, 5.74) is -0.831. The number of aromatic nitrogens is 6. The first kappa shape index (κ1) is 31.7. The van der Waals surface area contributed by atoms with Crippen LogP contribution in [0, 0.1) is 11.2 Å². The Labute approximate surface area is 259 Å². The van der Waals surface area contributed by atoms with Gasteiger partial charge in [-0.2, -0.15) is 18.3 Å². The minimum absolute atomic E-state index is 0.0470. The van der Waals surface area contributed by atoms with Gasteiger partial charge in [-0.05, 0) is 79.6 Å². The number of ketones is 1. The normalized spacial score (nSPS) is 21.1. The minimum atomic E-state index is -4.75.